The summed E-state index contributed by atoms with van der Waals surface area (Å²) >= 11 is 1.63. The summed E-state index contributed by atoms with van der Waals surface area (Å²) in [5.74, 6) is 0.0800. The van der Waals surface area contributed by atoms with Crippen molar-refractivity contribution >= 4 is 23.4 Å². The van der Waals surface area contributed by atoms with Gasteiger partial charge in [0.1, 0.15) is 0 Å². The Hall–Kier alpha value is -0.960. The summed E-state index contributed by atoms with van der Waals surface area (Å²) < 4.78 is 0. The van der Waals surface area contributed by atoms with Crippen molar-refractivity contribution in [2.45, 2.75) is 18.7 Å². The Kier molecular flexibility index (Phi) is 4.01. The first kappa shape index (κ1) is 11.1. The third-order valence-electron chi connectivity index (χ3n) is 1.89. The number of anilines is 1. The molecule has 1 rings (SSSR count). The molecule has 0 saturated heterocycles. The van der Waals surface area contributed by atoms with Gasteiger partial charge in [-0.05, 0) is 18.4 Å². The van der Waals surface area contributed by atoms with Crippen LogP contribution >= 0.6 is 11.8 Å². The minimum atomic E-state index is 0.0184. The van der Waals surface area contributed by atoms with Gasteiger partial charge in [0.25, 0.3) is 0 Å². The zero-order chi connectivity index (χ0) is 10.6. The van der Waals surface area contributed by atoms with E-state index in [2.05, 4.69) is 5.32 Å². The van der Waals surface area contributed by atoms with Crippen LogP contribution in [0.25, 0.3) is 0 Å². The molecule has 0 unspecified atom stereocenters. The molecule has 14 heavy (non-hydrogen) atoms. The number of hydrogen-bond acceptors (Lipinski definition) is 2. The van der Waals surface area contributed by atoms with E-state index in [-0.39, 0.29) is 11.8 Å². The number of benzene rings is 1. The SMILES string of the molecule is CSc1ccccc1NC(=O)C(C)C. The molecule has 0 saturated carbocycles. The summed E-state index contributed by atoms with van der Waals surface area (Å²) in [7, 11) is 0. The van der Waals surface area contributed by atoms with Crippen molar-refractivity contribution in [3.63, 3.8) is 0 Å². The molecule has 1 N–H and O–H groups in total. The van der Waals surface area contributed by atoms with Crippen molar-refractivity contribution in [2.24, 2.45) is 5.92 Å². The van der Waals surface area contributed by atoms with Crippen LogP contribution in [0.1, 0.15) is 13.8 Å². The van der Waals surface area contributed by atoms with E-state index in [1.54, 1.807) is 11.8 Å². The fourth-order valence-corrected chi connectivity index (χ4v) is 1.58. The van der Waals surface area contributed by atoms with Gasteiger partial charge in [0, 0.05) is 10.8 Å². The minimum Gasteiger partial charge on any atom is -0.325 e. The van der Waals surface area contributed by atoms with Crippen LogP contribution in [0.5, 0.6) is 0 Å². The Morgan fingerprint density at radius 3 is 2.57 bits per heavy atom. The molecule has 76 valence electrons. The second-order valence-corrected chi connectivity index (χ2v) is 4.19. The minimum absolute atomic E-state index is 0.0184. The highest BCUT2D eigenvalue weighted by molar-refractivity contribution is 7.98. The van der Waals surface area contributed by atoms with E-state index in [1.807, 2.05) is 44.4 Å². The van der Waals surface area contributed by atoms with Crippen LogP contribution in [0.2, 0.25) is 0 Å². The van der Waals surface area contributed by atoms with E-state index in [4.69, 9.17) is 0 Å². The summed E-state index contributed by atoms with van der Waals surface area (Å²) in [6, 6.07) is 7.82. The molecule has 0 aliphatic heterocycles. The predicted molar refractivity (Wildman–Crippen MR) is 61.7 cm³/mol. The van der Waals surface area contributed by atoms with Crippen molar-refractivity contribution in [2.75, 3.05) is 11.6 Å². The summed E-state index contributed by atoms with van der Waals surface area (Å²) in [6.45, 7) is 3.77. The molecule has 0 heterocycles. The normalized spacial score (nSPS) is 10.3. The van der Waals surface area contributed by atoms with E-state index >= 15 is 0 Å². The smallest absolute Gasteiger partial charge is 0.226 e. The summed E-state index contributed by atoms with van der Waals surface area (Å²) in [5.41, 5.74) is 0.902. The van der Waals surface area contributed by atoms with E-state index in [0.717, 1.165) is 10.6 Å². The second-order valence-electron chi connectivity index (χ2n) is 3.34. The van der Waals surface area contributed by atoms with Crippen LogP contribution in [0.15, 0.2) is 29.2 Å². The lowest BCUT2D eigenvalue weighted by Crippen LogP contribution is -2.18. The second kappa shape index (κ2) is 5.05. The van der Waals surface area contributed by atoms with Crippen molar-refractivity contribution < 1.29 is 4.79 Å². The molecule has 1 aromatic carbocycles. The molecule has 1 amide bonds. The van der Waals surface area contributed by atoms with Gasteiger partial charge in [-0.1, -0.05) is 26.0 Å². The number of para-hydroxylation sites is 1. The number of nitrogens with one attached hydrogen (secondary N) is 1. The average Bonchev–Trinajstić information content (AvgIpc) is 2.18. The third kappa shape index (κ3) is 2.77. The Balaban J connectivity index is 2.80. The molecule has 0 aliphatic rings. The van der Waals surface area contributed by atoms with Gasteiger partial charge >= 0.3 is 0 Å². The number of hydrogen-bond donors (Lipinski definition) is 1. The maximum atomic E-state index is 11.5. The fraction of sp³-hybridized carbons (Fsp3) is 0.364. The third-order valence-corrected chi connectivity index (χ3v) is 2.69. The molecule has 0 atom stereocenters. The maximum absolute atomic E-state index is 11.5. The molecule has 0 aromatic heterocycles. The molecule has 3 heteroatoms. The molecule has 2 nitrogen and oxygen atoms in total. The van der Waals surface area contributed by atoms with E-state index in [0.29, 0.717) is 0 Å². The molecule has 0 bridgehead atoms. The highest BCUT2D eigenvalue weighted by Gasteiger charge is 2.08. The predicted octanol–water partition coefficient (Wildman–Crippen LogP) is 3.00. The largest absolute Gasteiger partial charge is 0.325 e. The molecule has 1 aromatic rings. The van der Waals surface area contributed by atoms with Crippen LogP contribution in [0, 0.1) is 5.92 Å². The molecular formula is C11H15NOS. The molecule has 0 spiro atoms. The highest BCUT2D eigenvalue weighted by Crippen LogP contribution is 2.24. The summed E-state index contributed by atoms with van der Waals surface area (Å²) in [5, 5.41) is 2.90. The van der Waals surface area contributed by atoms with Gasteiger partial charge in [-0.25, -0.2) is 0 Å². The lowest BCUT2D eigenvalue weighted by molar-refractivity contribution is -0.118. The van der Waals surface area contributed by atoms with Gasteiger partial charge in [-0.15, -0.1) is 11.8 Å². The quantitative estimate of drug-likeness (QED) is 0.775. The molecular weight excluding hydrogens is 194 g/mol. The average molecular weight is 209 g/mol. The number of carbonyl (C=O) groups is 1. The van der Waals surface area contributed by atoms with Gasteiger partial charge in [-0.3, -0.25) is 4.79 Å². The number of amides is 1. The Bertz CT molecular complexity index is 323. The fourth-order valence-electron chi connectivity index (χ4n) is 1.02. The Morgan fingerprint density at radius 1 is 1.36 bits per heavy atom. The van der Waals surface area contributed by atoms with Gasteiger partial charge in [0.05, 0.1) is 5.69 Å². The Labute approximate surface area is 89.1 Å². The lowest BCUT2D eigenvalue weighted by Gasteiger charge is -2.10. The van der Waals surface area contributed by atoms with Crippen molar-refractivity contribution in [3.05, 3.63) is 24.3 Å². The summed E-state index contributed by atoms with van der Waals surface area (Å²) in [4.78, 5) is 12.6. The van der Waals surface area contributed by atoms with Crippen LogP contribution in [0.4, 0.5) is 5.69 Å². The topological polar surface area (TPSA) is 29.1 Å². The first-order valence-corrected chi connectivity index (χ1v) is 5.81. The van der Waals surface area contributed by atoms with E-state index < -0.39 is 0 Å². The summed E-state index contributed by atoms with van der Waals surface area (Å²) in [6.07, 6.45) is 2.00. The lowest BCUT2D eigenvalue weighted by atomic mass is 10.2. The van der Waals surface area contributed by atoms with Gasteiger partial charge in [0.2, 0.25) is 5.91 Å². The van der Waals surface area contributed by atoms with Gasteiger partial charge < -0.3 is 5.32 Å². The van der Waals surface area contributed by atoms with Crippen LogP contribution < -0.4 is 5.32 Å². The molecule has 0 fully saturated rings. The standard InChI is InChI=1S/C11H15NOS/c1-8(2)11(13)12-9-6-4-5-7-10(9)14-3/h4-8H,1-3H3,(H,12,13). The Morgan fingerprint density at radius 2 is 2.00 bits per heavy atom. The monoisotopic (exact) mass is 209 g/mol. The van der Waals surface area contributed by atoms with Crippen LogP contribution in [0.3, 0.4) is 0 Å². The maximum Gasteiger partial charge on any atom is 0.226 e. The van der Waals surface area contributed by atoms with Crippen molar-refractivity contribution in [1.29, 1.82) is 0 Å². The first-order valence-electron chi connectivity index (χ1n) is 4.59. The van der Waals surface area contributed by atoms with Crippen LogP contribution in [-0.2, 0) is 4.79 Å². The van der Waals surface area contributed by atoms with Crippen molar-refractivity contribution in [3.8, 4) is 0 Å². The molecule has 0 radical (unpaired) electrons. The first-order chi connectivity index (χ1) is 6.65. The van der Waals surface area contributed by atoms with Crippen LogP contribution in [-0.4, -0.2) is 12.2 Å². The molecule has 0 aliphatic carbocycles. The van der Waals surface area contributed by atoms with Gasteiger partial charge in [-0.2, -0.15) is 0 Å². The number of thioether (sulfide) groups is 1. The zero-order valence-electron chi connectivity index (χ0n) is 8.70. The number of carbonyl (C=O) groups excluding carboxylic acids is 1. The van der Waals surface area contributed by atoms with Crippen molar-refractivity contribution in [1.82, 2.24) is 0 Å². The van der Waals surface area contributed by atoms with E-state index in [9.17, 15) is 4.79 Å². The highest BCUT2D eigenvalue weighted by atomic mass is 32.2. The zero-order valence-corrected chi connectivity index (χ0v) is 9.52. The van der Waals surface area contributed by atoms with E-state index in [1.165, 1.54) is 0 Å². The van der Waals surface area contributed by atoms with Gasteiger partial charge in [0.15, 0.2) is 0 Å². The number of rotatable bonds is 3.